The molecule has 7 heteroatoms. The normalized spacial score (nSPS) is 19.7. The highest BCUT2D eigenvalue weighted by Crippen LogP contribution is 2.47. The van der Waals surface area contributed by atoms with Crippen LogP contribution in [0.5, 0.6) is 0 Å². The number of nitrogens with one attached hydrogen (secondary N) is 2. The number of hydrogen-bond acceptors (Lipinski definition) is 6. The zero-order valence-corrected chi connectivity index (χ0v) is 19.8. The molecular formula is C24H30N4O2S. The Hall–Kier alpha value is -2.54. The number of nitrogens with zero attached hydrogens (tertiary/aromatic N) is 2. The van der Waals surface area contributed by atoms with Gasteiger partial charge in [0.25, 0.3) is 5.56 Å². The van der Waals surface area contributed by atoms with Crippen LogP contribution in [0, 0.1) is 5.41 Å². The van der Waals surface area contributed by atoms with E-state index < -0.39 is 5.92 Å². The van der Waals surface area contributed by atoms with Crippen molar-refractivity contribution in [2.45, 2.75) is 56.9 Å². The standard InChI is InChI=1S/C24H30N4O2S/c1-13(2)31-23-26-21-20(22(30)27-23)18(14-7-9-15(10-8-14)28(5)6)19-16(25-21)11-24(3,4)12-17(19)29/h7-10,13,18H,11-12H2,1-6H3,(H2,25,26,27,30). The van der Waals surface area contributed by atoms with Crippen LogP contribution in [-0.4, -0.2) is 35.1 Å². The van der Waals surface area contributed by atoms with Crippen molar-refractivity contribution in [1.82, 2.24) is 9.97 Å². The molecule has 2 N–H and O–H groups in total. The lowest BCUT2D eigenvalue weighted by Gasteiger charge is -2.38. The molecule has 1 atom stereocenters. The fourth-order valence-electron chi connectivity index (χ4n) is 4.47. The average Bonchev–Trinajstić information content (AvgIpc) is 2.64. The summed E-state index contributed by atoms with van der Waals surface area (Å²) in [6.07, 6.45) is 1.22. The van der Waals surface area contributed by atoms with Gasteiger partial charge in [-0.1, -0.05) is 51.6 Å². The lowest BCUT2D eigenvalue weighted by molar-refractivity contribution is -0.118. The number of aromatic nitrogens is 2. The number of fused-ring (bicyclic) bond motifs is 1. The summed E-state index contributed by atoms with van der Waals surface area (Å²) in [5, 5.41) is 4.27. The molecule has 2 aliphatic rings. The van der Waals surface area contributed by atoms with Crippen molar-refractivity contribution in [3.63, 3.8) is 0 Å². The fourth-order valence-corrected chi connectivity index (χ4v) is 5.21. The van der Waals surface area contributed by atoms with Crippen molar-refractivity contribution < 1.29 is 4.79 Å². The van der Waals surface area contributed by atoms with Crippen LogP contribution in [0.1, 0.15) is 57.6 Å². The second-order valence-corrected chi connectivity index (χ2v) is 11.2. The maximum absolute atomic E-state index is 13.3. The molecule has 2 heterocycles. The van der Waals surface area contributed by atoms with Crippen LogP contribution in [0.3, 0.4) is 0 Å². The van der Waals surface area contributed by atoms with Gasteiger partial charge in [0.05, 0.1) is 5.56 Å². The summed E-state index contributed by atoms with van der Waals surface area (Å²) in [5.41, 5.74) is 3.82. The molecule has 164 valence electrons. The molecule has 1 unspecified atom stereocenters. The molecule has 1 aliphatic heterocycles. The Morgan fingerprint density at radius 2 is 1.81 bits per heavy atom. The summed E-state index contributed by atoms with van der Waals surface area (Å²) < 4.78 is 0. The van der Waals surface area contributed by atoms with E-state index >= 15 is 0 Å². The summed E-state index contributed by atoms with van der Waals surface area (Å²) in [4.78, 5) is 36.2. The number of carbonyl (C=O) groups excluding carboxylic acids is 1. The molecule has 0 radical (unpaired) electrons. The summed E-state index contributed by atoms with van der Waals surface area (Å²) in [6.45, 7) is 8.35. The van der Waals surface area contributed by atoms with Crippen LogP contribution in [0.2, 0.25) is 0 Å². The SMILES string of the molecule is CC(C)Sc1nc2c(c(=O)[nH]1)C(c1ccc(N(C)C)cc1)C1=C(CC(C)(C)CC1=O)N2. The summed E-state index contributed by atoms with van der Waals surface area (Å²) in [7, 11) is 3.98. The molecule has 31 heavy (non-hydrogen) atoms. The zero-order chi connectivity index (χ0) is 22.5. The number of Topliss-reactive ketones (excluding diaryl/α,β-unsaturated/α-hetero) is 1. The third-order valence-corrected chi connectivity index (χ3v) is 6.68. The van der Waals surface area contributed by atoms with Crippen molar-refractivity contribution in [2.75, 3.05) is 24.3 Å². The Morgan fingerprint density at radius 3 is 2.42 bits per heavy atom. The highest BCUT2D eigenvalue weighted by Gasteiger charge is 2.42. The lowest BCUT2D eigenvalue weighted by atomic mass is 9.69. The number of H-pyrrole nitrogens is 1. The Morgan fingerprint density at radius 1 is 1.13 bits per heavy atom. The summed E-state index contributed by atoms with van der Waals surface area (Å²) in [6, 6.07) is 8.09. The van der Waals surface area contributed by atoms with Gasteiger partial charge in [0, 0.05) is 48.6 Å². The number of allylic oxidation sites excluding steroid dienone is 2. The number of benzene rings is 1. The number of anilines is 2. The van der Waals surface area contributed by atoms with E-state index in [1.54, 1.807) is 0 Å². The number of hydrogen-bond donors (Lipinski definition) is 2. The highest BCUT2D eigenvalue weighted by atomic mass is 32.2. The van der Waals surface area contributed by atoms with Crippen LogP contribution in [-0.2, 0) is 4.79 Å². The Kier molecular flexibility index (Phi) is 5.50. The molecule has 6 nitrogen and oxygen atoms in total. The predicted octanol–water partition coefficient (Wildman–Crippen LogP) is 4.54. The van der Waals surface area contributed by atoms with Gasteiger partial charge in [-0.05, 0) is 29.5 Å². The number of ketones is 1. The second-order valence-electron chi connectivity index (χ2n) is 9.68. The van der Waals surface area contributed by atoms with Gasteiger partial charge in [-0.3, -0.25) is 9.59 Å². The molecule has 0 fully saturated rings. The Balaban J connectivity index is 1.91. The van der Waals surface area contributed by atoms with Gasteiger partial charge in [0.15, 0.2) is 10.9 Å². The van der Waals surface area contributed by atoms with Gasteiger partial charge in [0.1, 0.15) is 5.82 Å². The minimum Gasteiger partial charge on any atom is -0.378 e. The third kappa shape index (κ3) is 4.15. The van der Waals surface area contributed by atoms with Crippen LogP contribution < -0.4 is 15.8 Å². The Bertz CT molecular complexity index is 1110. The highest BCUT2D eigenvalue weighted by molar-refractivity contribution is 7.99. The van der Waals surface area contributed by atoms with Gasteiger partial charge in [-0.2, -0.15) is 0 Å². The minimum absolute atomic E-state index is 0.103. The van der Waals surface area contributed by atoms with Gasteiger partial charge in [-0.25, -0.2) is 4.98 Å². The average molecular weight is 439 g/mol. The molecule has 4 rings (SSSR count). The molecule has 2 aromatic rings. The predicted molar refractivity (Wildman–Crippen MR) is 127 cm³/mol. The maximum atomic E-state index is 13.3. The van der Waals surface area contributed by atoms with E-state index in [0.717, 1.165) is 23.4 Å². The molecule has 1 aromatic heterocycles. The lowest BCUT2D eigenvalue weighted by Crippen LogP contribution is -2.37. The first-order valence-electron chi connectivity index (χ1n) is 10.7. The zero-order valence-electron chi connectivity index (χ0n) is 19.0. The third-order valence-electron chi connectivity index (χ3n) is 5.79. The van der Waals surface area contributed by atoms with Crippen LogP contribution in [0.4, 0.5) is 11.5 Å². The molecule has 1 aliphatic carbocycles. The monoisotopic (exact) mass is 438 g/mol. The molecule has 0 spiro atoms. The fraction of sp³-hybridized carbons (Fsp3) is 0.458. The molecule has 1 aromatic carbocycles. The van der Waals surface area contributed by atoms with Gasteiger partial charge < -0.3 is 15.2 Å². The minimum atomic E-state index is -0.416. The van der Waals surface area contributed by atoms with Crippen LogP contribution >= 0.6 is 11.8 Å². The van der Waals surface area contributed by atoms with Gasteiger partial charge in [-0.15, -0.1) is 0 Å². The molecular weight excluding hydrogens is 408 g/mol. The second kappa shape index (κ2) is 7.86. The van der Waals surface area contributed by atoms with E-state index in [0.29, 0.717) is 33.8 Å². The van der Waals surface area contributed by atoms with Gasteiger partial charge >= 0.3 is 0 Å². The van der Waals surface area contributed by atoms with Gasteiger partial charge in [0.2, 0.25) is 0 Å². The van der Waals surface area contributed by atoms with Crippen molar-refractivity contribution in [1.29, 1.82) is 0 Å². The first-order valence-corrected chi connectivity index (χ1v) is 11.5. The van der Waals surface area contributed by atoms with Crippen molar-refractivity contribution in [3.8, 4) is 0 Å². The van der Waals surface area contributed by atoms with Crippen LogP contribution in [0.15, 0.2) is 45.5 Å². The Labute approximate surface area is 187 Å². The molecule has 0 bridgehead atoms. The van der Waals surface area contributed by atoms with E-state index in [1.165, 1.54) is 11.8 Å². The van der Waals surface area contributed by atoms with E-state index in [4.69, 9.17) is 4.98 Å². The van der Waals surface area contributed by atoms with E-state index in [9.17, 15) is 9.59 Å². The smallest absolute Gasteiger partial charge is 0.257 e. The van der Waals surface area contributed by atoms with E-state index in [2.05, 4.69) is 38.0 Å². The van der Waals surface area contributed by atoms with Crippen molar-refractivity contribution in [2.24, 2.45) is 5.41 Å². The van der Waals surface area contributed by atoms with Crippen molar-refractivity contribution >= 4 is 29.1 Å². The molecule has 0 amide bonds. The molecule has 0 saturated heterocycles. The number of thioether (sulfide) groups is 1. The number of carbonyl (C=O) groups is 1. The van der Waals surface area contributed by atoms with E-state index in [-0.39, 0.29) is 16.8 Å². The van der Waals surface area contributed by atoms with Crippen LogP contribution in [0.25, 0.3) is 0 Å². The topological polar surface area (TPSA) is 78.1 Å². The summed E-state index contributed by atoms with van der Waals surface area (Å²) in [5.74, 6) is 0.254. The first-order chi connectivity index (χ1) is 14.6. The first kappa shape index (κ1) is 21.7. The summed E-state index contributed by atoms with van der Waals surface area (Å²) >= 11 is 1.52. The maximum Gasteiger partial charge on any atom is 0.257 e. The quantitative estimate of drug-likeness (QED) is 0.539. The largest absolute Gasteiger partial charge is 0.378 e. The van der Waals surface area contributed by atoms with E-state index in [1.807, 2.05) is 43.3 Å². The van der Waals surface area contributed by atoms with Crippen molar-refractivity contribution in [3.05, 3.63) is 57.0 Å². The molecule has 0 saturated carbocycles. The number of rotatable bonds is 4. The number of aromatic amines is 1.